The zero-order valence-electron chi connectivity index (χ0n) is 17.5. The van der Waals surface area contributed by atoms with Gasteiger partial charge in [-0.2, -0.15) is 0 Å². The van der Waals surface area contributed by atoms with Crippen LogP contribution in [0.25, 0.3) is 33.7 Å². The van der Waals surface area contributed by atoms with E-state index in [1.807, 2.05) is 72.8 Å². The van der Waals surface area contributed by atoms with E-state index in [0.29, 0.717) is 12.4 Å². The van der Waals surface area contributed by atoms with Crippen LogP contribution in [-0.4, -0.2) is 26.0 Å². The van der Waals surface area contributed by atoms with Gasteiger partial charge in [0.05, 0.1) is 19.8 Å². The van der Waals surface area contributed by atoms with E-state index in [1.165, 1.54) is 0 Å². The van der Waals surface area contributed by atoms with Crippen LogP contribution in [0.1, 0.15) is 0 Å². The molecule has 31 heavy (non-hydrogen) atoms. The van der Waals surface area contributed by atoms with Crippen molar-refractivity contribution in [2.24, 2.45) is 0 Å². The average molecular weight is 413 g/mol. The number of benzene rings is 3. The fourth-order valence-corrected chi connectivity index (χ4v) is 3.32. The number of methoxy groups -OCH3 is 2. The molecule has 0 radical (unpaired) electrons. The van der Waals surface area contributed by atoms with E-state index in [2.05, 4.69) is 11.7 Å². The maximum absolute atomic E-state index is 5.85. The minimum absolute atomic E-state index is 0.459. The van der Waals surface area contributed by atoms with Crippen LogP contribution in [0.4, 0.5) is 0 Å². The molecule has 0 aliphatic carbocycles. The Hall–Kier alpha value is -3.99. The zero-order chi connectivity index (χ0) is 21.6. The summed E-state index contributed by atoms with van der Waals surface area (Å²) in [6.45, 7) is 4.14. The molecule has 4 aromatic rings. The summed E-state index contributed by atoms with van der Waals surface area (Å²) in [6, 6.07) is 23.4. The molecule has 4 rings (SSSR count). The Morgan fingerprint density at radius 3 is 1.81 bits per heavy atom. The van der Waals surface area contributed by atoms with Crippen LogP contribution >= 0.6 is 0 Å². The van der Waals surface area contributed by atoms with Gasteiger partial charge in [-0.15, -0.1) is 0 Å². The van der Waals surface area contributed by atoms with Crippen molar-refractivity contribution in [3.8, 4) is 51.0 Å². The summed E-state index contributed by atoms with van der Waals surface area (Å²) in [4.78, 5) is 0. The molecule has 0 unspecified atom stereocenters. The maximum Gasteiger partial charge on any atom is 0.175 e. The highest BCUT2D eigenvalue weighted by atomic mass is 16.5. The molecule has 0 saturated carbocycles. The Balaban J connectivity index is 1.81. The van der Waals surface area contributed by atoms with Crippen LogP contribution in [0.2, 0.25) is 0 Å². The molecule has 3 aromatic carbocycles. The Bertz CT molecular complexity index is 1080. The number of ether oxygens (including phenoxy) is 3. The molecule has 0 spiro atoms. The number of aromatic nitrogens is 1. The third kappa shape index (κ3) is 4.31. The summed E-state index contributed by atoms with van der Waals surface area (Å²) in [6.07, 6.45) is 1.72. The molecule has 0 aliphatic heterocycles. The van der Waals surface area contributed by atoms with Gasteiger partial charge >= 0.3 is 0 Å². The lowest BCUT2D eigenvalue weighted by Crippen LogP contribution is -1.92. The standard InChI is InChI=1S/C26H23NO4/c1-4-17-30-23-15-5-18(6-16-23)24-25(19-7-11-21(28-2)12-8-19)27-31-26(24)20-9-13-22(29-3)14-10-20/h4-16H,1,17H2,2-3H3. The smallest absolute Gasteiger partial charge is 0.175 e. The number of hydrogen-bond acceptors (Lipinski definition) is 5. The van der Waals surface area contributed by atoms with Crippen molar-refractivity contribution in [1.82, 2.24) is 5.16 Å². The Labute approximate surface area is 181 Å². The lowest BCUT2D eigenvalue weighted by atomic mass is 9.96. The van der Waals surface area contributed by atoms with E-state index in [1.54, 1.807) is 20.3 Å². The summed E-state index contributed by atoms with van der Waals surface area (Å²) in [5.74, 6) is 3.03. The van der Waals surface area contributed by atoms with E-state index >= 15 is 0 Å². The van der Waals surface area contributed by atoms with Gasteiger partial charge in [0.1, 0.15) is 29.5 Å². The predicted octanol–water partition coefficient (Wildman–Crippen LogP) is 6.26. The molecule has 1 heterocycles. The second-order valence-corrected chi connectivity index (χ2v) is 6.82. The molecule has 0 atom stereocenters. The van der Waals surface area contributed by atoms with Gasteiger partial charge in [0, 0.05) is 11.1 Å². The van der Waals surface area contributed by atoms with Crippen molar-refractivity contribution in [2.45, 2.75) is 0 Å². The molecule has 156 valence electrons. The Kier molecular flexibility index (Phi) is 6.03. The van der Waals surface area contributed by atoms with Crippen molar-refractivity contribution in [1.29, 1.82) is 0 Å². The van der Waals surface area contributed by atoms with Crippen LogP contribution in [-0.2, 0) is 0 Å². The lowest BCUT2D eigenvalue weighted by molar-refractivity contribution is 0.363. The number of hydrogen-bond donors (Lipinski definition) is 0. The van der Waals surface area contributed by atoms with Gasteiger partial charge in [0.25, 0.3) is 0 Å². The van der Waals surface area contributed by atoms with Gasteiger partial charge in [0.15, 0.2) is 5.76 Å². The minimum Gasteiger partial charge on any atom is -0.497 e. The van der Waals surface area contributed by atoms with Crippen LogP contribution in [0.5, 0.6) is 17.2 Å². The zero-order valence-corrected chi connectivity index (χ0v) is 17.5. The number of rotatable bonds is 8. The molecule has 0 N–H and O–H groups in total. The second-order valence-electron chi connectivity index (χ2n) is 6.82. The molecular weight excluding hydrogens is 390 g/mol. The van der Waals surface area contributed by atoms with Crippen LogP contribution < -0.4 is 14.2 Å². The molecule has 0 amide bonds. The Morgan fingerprint density at radius 1 is 0.742 bits per heavy atom. The highest BCUT2D eigenvalue weighted by Crippen LogP contribution is 2.41. The van der Waals surface area contributed by atoms with Crippen LogP contribution in [0, 0.1) is 0 Å². The monoisotopic (exact) mass is 413 g/mol. The van der Waals surface area contributed by atoms with Crippen molar-refractivity contribution in [3.05, 3.63) is 85.5 Å². The molecule has 5 nitrogen and oxygen atoms in total. The first kappa shape index (κ1) is 20.3. The van der Waals surface area contributed by atoms with E-state index < -0.39 is 0 Å². The van der Waals surface area contributed by atoms with Gasteiger partial charge in [-0.3, -0.25) is 0 Å². The quantitative estimate of drug-likeness (QED) is 0.319. The molecule has 0 bridgehead atoms. The van der Waals surface area contributed by atoms with Crippen molar-refractivity contribution in [3.63, 3.8) is 0 Å². The minimum atomic E-state index is 0.459. The van der Waals surface area contributed by atoms with Crippen molar-refractivity contribution < 1.29 is 18.7 Å². The van der Waals surface area contributed by atoms with Gasteiger partial charge < -0.3 is 18.7 Å². The first-order valence-electron chi connectivity index (χ1n) is 9.86. The topological polar surface area (TPSA) is 53.7 Å². The van der Waals surface area contributed by atoms with Crippen molar-refractivity contribution in [2.75, 3.05) is 20.8 Å². The SMILES string of the molecule is C=CCOc1ccc(-c2c(-c3ccc(OC)cc3)noc2-c2ccc(OC)cc2)cc1. The van der Waals surface area contributed by atoms with Crippen LogP contribution in [0.3, 0.4) is 0 Å². The van der Waals surface area contributed by atoms with E-state index in [0.717, 1.165) is 45.2 Å². The predicted molar refractivity (Wildman–Crippen MR) is 122 cm³/mol. The first-order valence-corrected chi connectivity index (χ1v) is 9.86. The van der Waals surface area contributed by atoms with E-state index in [-0.39, 0.29) is 0 Å². The fourth-order valence-electron chi connectivity index (χ4n) is 3.32. The van der Waals surface area contributed by atoms with Gasteiger partial charge in [-0.05, 0) is 66.2 Å². The summed E-state index contributed by atoms with van der Waals surface area (Å²) in [5.41, 5.74) is 4.49. The maximum atomic E-state index is 5.85. The molecule has 0 fully saturated rings. The van der Waals surface area contributed by atoms with Crippen molar-refractivity contribution >= 4 is 0 Å². The van der Waals surface area contributed by atoms with Gasteiger partial charge in [-0.25, -0.2) is 0 Å². The van der Waals surface area contributed by atoms with E-state index in [9.17, 15) is 0 Å². The van der Waals surface area contributed by atoms with Gasteiger partial charge in [0.2, 0.25) is 0 Å². The molecular formula is C26H23NO4. The molecule has 5 heteroatoms. The normalized spacial score (nSPS) is 10.5. The lowest BCUT2D eigenvalue weighted by Gasteiger charge is -2.08. The largest absolute Gasteiger partial charge is 0.497 e. The first-order chi connectivity index (χ1) is 15.2. The highest BCUT2D eigenvalue weighted by molar-refractivity contribution is 5.90. The average Bonchev–Trinajstić information content (AvgIpc) is 3.28. The summed E-state index contributed by atoms with van der Waals surface area (Å²) in [7, 11) is 3.29. The molecule has 0 saturated heterocycles. The Morgan fingerprint density at radius 2 is 1.26 bits per heavy atom. The second kappa shape index (κ2) is 9.22. The fraction of sp³-hybridized carbons (Fsp3) is 0.115. The summed E-state index contributed by atoms with van der Waals surface area (Å²) >= 11 is 0. The van der Waals surface area contributed by atoms with E-state index in [4.69, 9.17) is 18.7 Å². The molecule has 1 aromatic heterocycles. The highest BCUT2D eigenvalue weighted by Gasteiger charge is 2.21. The summed E-state index contributed by atoms with van der Waals surface area (Å²) in [5, 5.41) is 4.42. The van der Waals surface area contributed by atoms with Gasteiger partial charge in [-0.1, -0.05) is 29.9 Å². The number of nitrogens with zero attached hydrogens (tertiary/aromatic N) is 1. The molecule has 0 aliphatic rings. The third-order valence-corrected chi connectivity index (χ3v) is 4.92. The summed E-state index contributed by atoms with van der Waals surface area (Å²) < 4.78 is 22.0. The van der Waals surface area contributed by atoms with Crippen LogP contribution in [0.15, 0.2) is 90.0 Å². The third-order valence-electron chi connectivity index (χ3n) is 4.92.